The molecule has 0 spiro atoms. The van der Waals surface area contributed by atoms with Gasteiger partial charge in [0.2, 0.25) is 0 Å². The van der Waals surface area contributed by atoms with Gasteiger partial charge in [-0.1, -0.05) is 12.1 Å². The molecule has 0 radical (unpaired) electrons. The number of hydrogen-bond donors (Lipinski definition) is 1. The van der Waals surface area contributed by atoms with Crippen LogP contribution in [0.2, 0.25) is 0 Å². The highest BCUT2D eigenvalue weighted by Gasteiger charge is 2.20. The van der Waals surface area contributed by atoms with Crippen LogP contribution in [0.25, 0.3) is 16.9 Å². The predicted molar refractivity (Wildman–Crippen MR) is 136 cm³/mol. The average molecular weight is 534 g/mol. The van der Waals surface area contributed by atoms with Gasteiger partial charge in [0.05, 0.1) is 35.3 Å². The summed E-state index contributed by atoms with van der Waals surface area (Å²) in [6, 6.07) is 17.5. The minimum Gasteiger partial charge on any atom is -0.488 e. The van der Waals surface area contributed by atoms with Crippen LogP contribution in [0.1, 0.15) is 23.0 Å². The minimum atomic E-state index is -0.337. The molecule has 8 heteroatoms. The monoisotopic (exact) mass is 533 g/mol. The van der Waals surface area contributed by atoms with Crippen LogP contribution in [0.5, 0.6) is 5.75 Å². The number of nitrogens with zero attached hydrogens (tertiary/aromatic N) is 2. The summed E-state index contributed by atoms with van der Waals surface area (Å²) in [4.78, 5) is 17.6. The number of nitrogens with one attached hydrogen (secondary N) is 1. The molecule has 2 aliphatic heterocycles. The Kier molecular flexibility index (Phi) is 6.48. The van der Waals surface area contributed by atoms with Crippen molar-refractivity contribution in [2.24, 2.45) is 0 Å². The normalized spacial score (nSPS) is 14.2. The van der Waals surface area contributed by atoms with Crippen molar-refractivity contribution in [2.75, 3.05) is 13.2 Å². The van der Waals surface area contributed by atoms with E-state index in [1.165, 1.54) is 0 Å². The van der Waals surface area contributed by atoms with Crippen LogP contribution in [-0.2, 0) is 9.68 Å². The molecule has 0 unspecified atom stereocenters. The van der Waals surface area contributed by atoms with E-state index in [0.717, 1.165) is 44.1 Å². The summed E-state index contributed by atoms with van der Waals surface area (Å²) in [5, 5.41) is 1.65. The van der Waals surface area contributed by atoms with Gasteiger partial charge in [-0.25, -0.2) is 15.3 Å². The molecule has 2 aliphatic rings. The summed E-state index contributed by atoms with van der Waals surface area (Å²) < 4.78 is 14.5. The lowest BCUT2D eigenvalue weighted by Gasteiger charge is -2.19. The number of carbonyl (C=O) groups is 1. The first-order chi connectivity index (χ1) is 17.0. The van der Waals surface area contributed by atoms with E-state index in [4.69, 9.17) is 14.4 Å². The van der Waals surface area contributed by atoms with E-state index in [2.05, 4.69) is 38.1 Å². The lowest BCUT2D eigenvalue weighted by atomic mass is 10.1. The van der Waals surface area contributed by atoms with Crippen LogP contribution < -0.4 is 10.2 Å². The van der Waals surface area contributed by atoms with Crippen LogP contribution in [0.4, 0.5) is 0 Å². The number of esters is 1. The number of benzene rings is 2. The summed E-state index contributed by atoms with van der Waals surface area (Å²) in [5.41, 5.74) is 8.93. The molecule has 0 saturated carbocycles. The van der Waals surface area contributed by atoms with Gasteiger partial charge < -0.3 is 14.0 Å². The van der Waals surface area contributed by atoms with E-state index < -0.39 is 0 Å². The molecule has 7 nitrogen and oxygen atoms in total. The smallest absolute Gasteiger partial charge is 0.338 e. The number of ether oxygens (including phenoxy) is 2. The molecule has 178 valence electrons. The Morgan fingerprint density at radius 3 is 2.86 bits per heavy atom. The number of aromatic nitrogens is 1. The summed E-state index contributed by atoms with van der Waals surface area (Å²) in [5.74, 6) is 0.405. The van der Waals surface area contributed by atoms with Crippen molar-refractivity contribution >= 4 is 21.9 Å². The van der Waals surface area contributed by atoms with E-state index in [0.29, 0.717) is 18.8 Å². The third-order valence-electron chi connectivity index (χ3n) is 5.69. The van der Waals surface area contributed by atoms with Gasteiger partial charge in [0.15, 0.2) is 0 Å². The van der Waals surface area contributed by atoms with Crippen molar-refractivity contribution in [3.63, 3.8) is 0 Å². The number of rotatable bonds is 7. The second kappa shape index (κ2) is 9.85. The fourth-order valence-electron chi connectivity index (χ4n) is 4.07. The zero-order valence-corrected chi connectivity index (χ0v) is 20.9. The van der Waals surface area contributed by atoms with Gasteiger partial charge in [-0.05, 0) is 90.0 Å². The number of hydroxylamine groups is 3. The average Bonchev–Trinajstić information content (AvgIpc) is 3.49. The summed E-state index contributed by atoms with van der Waals surface area (Å²) in [6.07, 6.45) is 7.59. The van der Waals surface area contributed by atoms with E-state index in [-0.39, 0.29) is 5.97 Å². The molecule has 0 bridgehead atoms. The zero-order chi connectivity index (χ0) is 24.4. The molecular weight excluding hydrogens is 510 g/mol. The molecule has 0 atom stereocenters. The van der Waals surface area contributed by atoms with Crippen LogP contribution >= 0.6 is 15.9 Å². The number of hydrogen-bond acceptors (Lipinski definition) is 6. The second-order valence-corrected chi connectivity index (χ2v) is 8.86. The van der Waals surface area contributed by atoms with Crippen LogP contribution in [-0.4, -0.2) is 28.8 Å². The number of fused-ring (bicyclic) bond motifs is 1. The molecule has 2 aromatic carbocycles. The van der Waals surface area contributed by atoms with Crippen LogP contribution in [0, 0.1) is 6.92 Å². The highest BCUT2D eigenvalue weighted by molar-refractivity contribution is 9.10. The summed E-state index contributed by atoms with van der Waals surface area (Å²) >= 11 is 3.72. The first-order valence-corrected chi connectivity index (χ1v) is 12.0. The molecule has 1 aromatic heterocycles. The van der Waals surface area contributed by atoms with Crippen molar-refractivity contribution in [1.29, 1.82) is 0 Å². The molecule has 0 saturated heterocycles. The first-order valence-electron chi connectivity index (χ1n) is 11.2. The number of carbonyl (C=O) groups excluding carboxylic acids is 1. The van der Waals surface area contributed by atoms with Crippen molar-refractivity contribution < 1.29 is 19.2 Å². The molecule has 0 amide bonds. The minimum absolute atomic E-state index is 0.332. The van der Waals surface area contributed by atoms with Crippen molar-refractivity contribution in [3.8, 4) is 22.7 Å². The third kappa shape index (κ3) is 4.62. The Labute approximate surface area is 211 Å². The lowest BCUT2D eigenvalue weighted by Crippen LogP contribution is -2.17. The van der Waals surface area contributed by atoms with E-state index in [1.54, 1.807) is 24.3 Å². The van der Waals surface area contributed by atoms with Crippen LogP contribution in [0.3, 0.4) is 0 Å². The van der Waals surface area contributed by atoms with Crippen molar-refractivity contribution in [2.45, 2.75) is 13.8 Å². The molecule has 5 rings (SSSR count). The standard InChI is InChI=1S/C27H24BrN3O4/c1-3-33-27(32)20-6-4-7-21(15-20)31-18(2)10-11-24(31)26-23(28)8-5-9-25(26)34-17-19-12-13-30-22(14-19)16-29-35-30/h4-16,29H,3,17H2,1-2H3. The quantitative estimate of drug-likeness (QED) is 0.386. The fraction of sp³-hybridized carbons (Fsp3) is 0.148. The van der Waals surface area contributed by atoms with Gasteiger partial charge in [-0.15, -0.1) is 0 Å². The van der Waals surface area contributed by atoms with Gasteiger partial charge in [-0.2, -0.15) is 4.94 Å². The SMILES string of the molecule is CCOC(=O)c1cccc(-n2c(C)ccc2-c2c(Br)cccc2OCC2=CC3=CNON3C=C2)c1. The molecule has 1 N–H and O–H groups in total. The highest BCUT2D eigenvalue weighted by atomic mass is 79.9. The van der Waals surface area contributed by atoms with Gasteiger partial charge in [0.25, 0.3) is 0 Å². The molecular formula is C27H24BrN3O4. The molecule has 35 heavy (non-hydrogen) atoms. The maximum atomic E-state index is 12.3. The van der Waals surface area contributed by atoms with Gasteiger partial charge in [0.1, 0.15) is 12.4 Å². The van der Waals surface area contributed by atoms with Crippen molar-refractivity contribution in [1.82, 2.24) is 15.1 Å². The second-order valence-electron chi connectivity index (χ2n) is 8.01. The summed E-state index contributed by atoms with van der Waals surface area (Å²) in [6.45, 7) is 4.56. The lowest BCUT2D eigenvalue weighted by molar-refractivity contribution is -0.112. The maximum absolute atomic E-state index is 12.3. The van der Waals surface area contributed by atoms with E-state index in [1.807, 2.05) is 61.7 Å². The molecule has 0 aliphatic carbocycles. The first kappa shape index (κ1) is 23.0. The van der Waals surface area contributed by atoms with Gasteiger partial charge in [0, 0.05) is 22.1 Å². The van der Waals surface area contributed by atoms with Crippen molar-refractivity contribution in [3.05, 3.63) is 106 Å². The topological polar surface area (TPSA) is 65.0 Å². The Morgan fingerprint density at radius 1 is 1.14 bits per heavy atom. The van der Waals surface area contributed by atoms with Gasteiger partial charge in [-0.3, -0.25) is 0 Å². The maximum Gasteiger partial charge on any atom is 0.338 e. The largest absolute Gasteiger partial charge is 0.488 e. The van der Waals surface area contributed by atoms with Gasteiger partial charge >= 0.3 is 5.97 Å². The number of allylic oxidation sites excluding steroid dienone is 1. The summed E-state index contributed by atoms with van der Waals surface area (Å²) in [7, 11) is 0. The fourth-order valence-corrected chi connectivity index (χ4v) is 4.62. The van der Waals surface area contributed by atoms with E-state index >= 15 is 0 Å². The third-order valence-corrected chi connectivity index (χ3v) is 6.35. The van der Waals surface area contributed by atoms with E-state index in [9.17, 15) is 4.79 Å². The number of aryl methyl sites for hydroxylation is 1. The molecule has 0 fully saturated rings. The Bertz CT molecular complexity index is 1370. The highest BCUT2D eigenvalue weighted by Crippen LogP contribution is 2.39. The Morgan fingerprint density at radius 2 is 2.00 bits per heavy atom. The Hall–Kier alpha value is -3.75. The predicted octanol–water partition coefficient (Wildman–Crippen LogP) is 5.82. The Balaban J connectivity index is 1.49. The number of halogens is 1. The zero-order valence-electron chi connectivity index (χ0n) is 19.3. The molecule has 3 heterocycles. The molecule has 3 aromatic rings. The van der Waals surface area contributed by atoms with Crippen LogP contribution in [0.15, 0.2) is 94.9 Å².